The van der Waals surface area contributed by atoms with Crippen LogP contribution >= 0.6 is 12.4 Å². The van der Waals surface area contributed by atoms with Crippen molar-refractivity contribution in [3.8, 4) is 0 Å². The summed E-state index contributed by atoms with van der Waals surface area (Å²) in [7, 11) is 0. The van der Waals surface area contributed by atoms with Gasteiger partial charge in [-0.1, -0.05) is 17.7 Å². The Hall–Kier alpha value is -1.06. The van der Waals surface area contributed by atoms with Crippen molar-refractivity contribution in [3.05, 3.63) is 35.4 Å². The molecule has 4 heteroatoms. The van der Waals surface area contributed by atoms with Crippen molar-refractivity contribution in [2.45, 2.75) is 25.8 Å². The van der Waals surface area contributed by atoms with Crippen LogP contribution in [-0.2, 0) is 0 Å². The van der Waals surface area contributed by atoms with Gasteiger partial charge in [0.1, 0.15) is 0 Å². The zero-order valence-corrected chi connectivity index (χ0v) is 10.8. The molecule has 3 nitrogen and oxygen atoms in total. The van der Waals surface area contributed by atoms with E-state index in [1.807, 2.05) is 31.2 Å². The molecule has 0 radical (unpaired) electrons. The number of hydrogen-bond donors (Lipinski definition) is 2. The van der Waals surface area contributed by atoms with Gasteiger partial charge in [-0.3, -0.25) is 4.79 Å². The highest BCUT2D eigenvalue weighted by molar-refractivity contribution is 5.94. The van der Waals surface area contributed by atoms with Crippen molar-refractivity contribution in [1.82, 2.24) is 10.6 Å². The standard InChI is InChI=1S/C13H18N2O.ClH/c1-10-2-4-11(5-3-10)13(16)15-9-8-14-12-6-7-12;/h2-5,12,14H,6-9H2,1H3,(H,15,16);1H. The molecule has 1 aromatic carbocycles. The monoisotopic (exact) mass is 254 g/mol. The van der Waals surface area contributed by atoms with Gasteiger partial charge in [-0.15, -0.1) is 12.4 Å². The zero-order valence-electron chi connectivity index (χ0n) is 10.0. The first-order valence-electron chi connectivity index (χ1n) is 5.84. The molecule has 0 heterocycles. The van der Waals surface area contributed by atoms with Gasteiger partial charge >= 0.3 is 0 Å². The molecule has 0 atom stereocenters. The minimum atomic E-state index is 0. The average Bonchev–Trinajstić information content (AvgIpc) is 3.09. The predicted octanol–water partition coefficient (Wildman–Crippen LogP) is 1.90. The minimum absolute atomic E-state index is 0. The minimum Gasteiger partial charge on any atom is -0.351 e. The van der Waals surface area contributed by atoms with Gasteiger partial charge < -0.3 is 10.6 Å². The third kappa shape index (κ3) is 4.75. The van der Waals surface area contributed by atoms with E-state index >= 15 is 0 Å². The Morgan fingerprint density at radius 2 is 1.88 bits per heavy atom. The molecule has 94 valence electrons. The van der Waals surface area contributed by atoms with Gasteiger partial charge in [-0.25, -0.2) is 0 Å². The van der Waals surface area contributed by atoms with E-state index in [0.717, 1.165) is 12.1 Å². The molecule has 17 heavy (non-hydrogen) atoms. The average molecular weight is 255 g/mol. The van der Waals surface area contributed by atoms with E-state index < -0.39 is 0 Å². The van der Waals surface area contributed by atoms with E-state index in [4.69, 9.17) is 0 Å². The molecule has 0 aliphatic heterocycles. The number of amides is 1. The fraction of sp³-hybridized carbons (Fsp3) is 0.462. The lowest BCUT2D eigenvalue weighted by atomic mass is 10.1. The summed E-state index contributed by atoms with van der Waals surface area (Å²) in [5.41, 5.74) is 1.91. The van der Waals surface area contributed by atoms with Crippen molar-refractivity contribution in [3.63, 3.8) is 0 Å². The normalized spacial score (nSPS) is 13.9. The number of carbonyl (C=O) groups excluding carboxylic acids is 1. The summed E-state index contributed by atoms with van der Waals surface area (Å²) in [5.74, 6) is 0.0117. The molecule has 0 spiro atoms. The number of nitrogens with one attached hydrogen (secondary N) is 2. The summed E-state index contributed by atoms with van der Waals surface area (Å²) in [4.78, 5) is 11.7. The highest BCUT2D eigenvalue weighted by atomic mass is 35.5. The zero-order chi connectivity index (χ0) is 11.4. The Labute approximate surface area is 108 Å². The predicted molar refractivity (Wildman–Crippen MR) is 71.8 cm³/mol. The molecule has 0 saturated heterocycles. The first-order valence-corrected chi connectivity index (χ1v) is 5.84. The maximum Gasteiger partial charge on any atom is 0.251 e. The lowest BCUT2D eigenvalue weighted by molar-refractivity contribution is 0.0954. The highest BCUT2D eigenvalue weighted by Gasteiger charge is 2.19. The van der Waals surface area contributed by atoms with E-state index in [-0.39, 0.29) is 18.3 Å². The third-order valence-electron chi connectivity index (χ3n) is 2.73. The maximum atomic E-state index is 11.7. The molecule has 1 aliphatic carbocycles. The van der Waals surface area contributed by atoms with Crippen LogP contribution < -0.4 is 10.6 Å². The molecule has 1 aromatic rings. The summed E-state index contributed by atoms with van der Waals surface area (Å²) in [6.45, 7) is 3.58. The third-order valence-corrected chi connectivity index (χ3v) is 2.73. The van der Waals surface area contributed by atoms with Crippen LogP contribution in [0, 0.1) is 6.92 Å². The second-order valence-electron chi connectivity index (χ2n) is 4.35. The van der Waals surface area contributed by atoms with Crippen molar-refractivity contribution in [1.29, 1.82) is 0 Å². The van der Waals surface area contributed by atoms with Crippen molar-refractivity contribution >= 4 is 18.3 Å². The Morgan fingerprint density at radius 1 is 1.24 bits per heavy atom. The van der Waals surface area contributed by atoms with E-state index in [0.29, 0.717) is 12.6 Å². The molecule has 1 saturated carbocycles. The van der Waals surface area contributed by atoms with Gasteiger partial charge in [-0.2, -0.15) is 0 Å². The van der Waals surface area contributed by atoms with Crippen molar-refractivity contribution in [2.24, 2.45) is 0 Å². The molecule has 1 aliphatic rings. The van der Waals surface area contributed by atoms with Gasteiger partial charge in [0.05, 0.1) is 0 Å². The molecule has 0 aromatic heterocycles. The summed E-state index contributed by atoms with van der Waals surface area (Å²) in [6, 6.07) is 8.34. The van der Waals surface area contributed by atoms with Crippen molar-refractivity contribution < 1.29 is 4.79 Å². The Morgan fingerprint density at radius 3 is 2.47 bits per heavy atom. The maximum absolute atomic E-state index is 11.7. The van der Waals surface area contributed by atoms with Crippen molar-refractivity contribution in [2.75, 3.05) is 13.1 Å². The molecule has 1 amide bonds. The number of rotatable bonds is 5. The number of aryl methyl sites for hydroxylation is 1. The lowest BCUT2D eigenvalue weighted by Crippen LogP contribution is -2.32. The lowest BCUT2D eigenvalue weighted by Gasteiger charge is -2.06. The number of carbonyl (C=O) groups is 1. The summed E-state index contributed by atoms with van der Waals surface area (Å²) < 4.78 is 0. The van der Waals surface area contributed by atoms with Gasteiger partial charge in [0.2, 0.25) is 0 Å². The first kappa shape index (κ1) is 14.0. The highest BCUT2D eigenvalue weighted by Crippen LogP contribution is 2.17. The molecule has 0 bridgehead atoms. The van der Waals surface area contributed by atoms with E-state index in [1.165, 1.54) is 18.4 Å². The van der Waals surface area contributed by atoms with Gasteiger partial charge in [0, 0.05) is 24.7 Å². The second kappa shape index (κ2) is 6.62. The van der Waals surface area contributed by atoms with Gasteiger partial charge in [0.15, 0.2) is 0 Å². The largest absolute Gasteiger partial charge is 0.351 e. The Balaban J connectivity index is 0.00000144. The van der Waals surface area contributed by atoms with Crippen LogP contribution in [0.15, 0.2) is 24.3 Å². The van der Waals surface area contributed by atoms with E-state index in [1.54, 1.807) is 0 Å². The second-order valence-corrected chi connectivity index (χ2v) is 4.35. The molecule has 2 rings (SSSR count). The van der Waals surface area contributed by atoms with Crippen LogP contribution in [0.1, 0.15) is 28.8 Å². The molecule has 0 unspecified atom stereocenters. The quantitative estimate of drug-likeness (QED) is 0.788. The number of hydrogen-bond acceptors (Lipinski definition) is 2. The number of benzene rings is 1. The topological polar surface area (TPSA) is 41.1 Å². The summed E-state index contributed by atoms with van der Waals surface area (Å²) >= 11 is 0. The molecular formula is C13H19ClN2O. The fourth-order valence-electron chi connectivity index (χ4n) is 1.55. The SMILES string of the molecule is Cc1ccc(C(=O)NCCNC2CC2)cc1.Cl. The Kier molecular flexibility index (Phi) is 5.45. The van der Waals surface area contributed by atoms with Gasteiger partial charge in [-0.05, 0) is 31.9 Å². The number of halogens is 1. The van der Waals surface area contributed by atoms with Crippen LogP contribution in [0.25, 0.3) is 0 Å². The summed E-state index contributed by atoms with van der Waals surface area (Å²) in [6.07, 6.45) is 2.57. The summed E-state index contributed by atoms with van der Waals surface area (Å²) in [5, 5.41) is 6.26. The van der Waals surface area contributed by atoms with E-state index in [9.17, 15) is 4.79 Å². The van der Waals surface area contributed by atoms with Gasteiger partial charge in [0.25, 0.3) is 5.91 Å². The van der Waals surface area contributed by atoms with Crippen LogP contribution in [0.2, 0.25) is 0 Å². The van der Waals surface area contributed by atoms with Crippen LogP contribution in [0.4, 0.5) is 0 Å². The molecular weight excluding hydrogens is 236 g/mol. The van der Waals surface area contributed by atoms with E-state index in [2.05, 4.69) is 10.6 Å². The molecule has 1 fully saturated rings. The van der Waals surface area contributed by atoms with Crippen LogP contribution in [-0.4, -0.2) is 25.0 Å². The smallest absolute Gasteiger partial charge is 0.251 e. The first-order chi connectivity index (χ1) is 7.75. The van der Waals surface area contributed by atoms with Crippen LogP contribution in [0.5, 0.6) is 0 Å². The van der Waals surface area contributed by atoms with Crippen LogP contribution in [0.3, 0.4) is 0 Å². The molecule has 2 N–H and O–H groups in total. The Bertz CT molecular complexity index is 360. The fourth-order valence-corrected chi connectivity index (χ4v) is 1.55.